The molecule has 12 aromatic carbocycles. The molecule has 5 heterocycles. The Hall–Kier alpha value is -10.3. The molecule has 0 saturated carbocycles. The zero-order valence-electron chi connectivity index (χ0n) is 70.3. The highest BCUT2D eigenvalue weighted by molar-refractivity contribution is 7.00. The second-order valence-electron chi connectivity index (χ2n) is 35.1. The highest BCUT2D eigenvalue weighted by Gasteiger charge is 2.44. The molecule has 0 unspecified atom stereocenters. The van der Waals surface area contributed by atoms with Crippen molar-refractivity contribution in [3.63, 3.8) is 0 Å². The number of nitrogens with one attached hydrogen (secondary N) is 1. The third-order valence-corrected chi connectivity index (χ3v) is 21.9. The summed E-state index contributed by atoms with van der Waals surface area (Å²) >= 11 is 0. The van der Waals surface area contributed by atoms with Gasteiger partial charge in [-0.3, -0.25) is 0 Å². The van der Waals surface area contributed by atoms with Crippen molar-refractivity contribution in [3.05, 3.63) is 270 Å². The van der Waals surface area contributed by atoms with Gasteiger partial charge in [-0.1, -0.05) is 264 Å². The van der Waals surface area contributed by atoms with E-state index in [0.717, 1.165) is 117 Å². The van der Waals surface area contributed by atoms with E-state index in [-0.39, 0.29) is 66.4 Å². The van der Waals surface area contributed by atoms with Crippen LogP contribution in [0.2, 0.25) is 0 Å². The maximum atomic E-state index is 10.0. The summed E-state index contributed by atoms with van der Waals surface area (Å²) in [5.74, 6) is 0. The molecular weight excluding hydrogens is 1230 g/mol. The molecule has 0 aliphatic carbocycles. The van der Waals surface area contributed by atoms with Gasteiger partial charge in [0.1, 0.15) is 0 Å². The number of aromatic nitrogens is 3. The van der Waals surface area contributed by atoms with Crippen LogP contribution in [0.15, 0.2) is 236 Å². The first kappa shape index (κ1) is 56.4. The van der Waals surface area contributed by atoms with Gasteiger partial charge in [-0.25, -0.2) is 0 Å². The smallest absolute Gasteiger partial charge is 0.252 e. The maximum absolute atomic E-state index is 10.0. The minimum Gasteiger partial charge on any atom is -0.356 e. The Bertz CT molecular complexity index is 6270. The molecule has 2 aliphatic rings. The van der Waals surface area contributed by atoms with E-state index in [1.54, 1.807) is 4.57 Å². The number of benzene rings is 12. The molecule has 102 heavy (non-hydrogen) atoms. The van der Waals surface area contributed by atoms with Crippen LogP contribution in [0, 0.1) is 0 Å². The summed E-state index contributed by atoms with van der Waals surface area (Å²) in [6.45, 7) is 40.7. The molecule has 5 nitrogen and oxygen atoms in total. The van der Waals surface area contributed by atoms with Crippen molar-refractivity contribution in [2.75, 3.05) is 10.2 Å². The van der Waals surface area contributed by atoms with Crippen molar-refractivity contribution >= 4 is 117 Å². The zero-order valence-corrected chi connectivity index (χ0v) is 62.3. The lowest BCUT2D eigenvalue weighted by molar-refractivity contribution is 0.569. The van der Waals surface area contributed by atoms with Gasteiger partial charge in [0.05, 0.1) is 55.4 Å². The Morgan fingerprint density at radius 3 is 1.31 bits per heavy atom. The second-order valence-corrected chi connectivity index (χ2v) is 35.1. The Balaban J connectivity index is 1.07. The van der Waals surface area contributed by atoms with Crippen LogP contribution < -0.4 is 26.6 Å². The fourth-order valence-corrected chi connectivity index (χ4v) is 16.4. The van der Waals surface area contributed by atoms with Gasteiger partial charge in [-0.15, -0.1) is 0 Å². The van der Waals surface area contributed by atoms with Crippen molar-refractivity contribution in [3.8, 4) is 39.3 Å². The Labute approximate surface area is 614 Å². The zero-order chi connectivity index (χ0) is 78.2. The first-order valence-corrected chi connectivity index (χ1v) is 36.3. The van der Waals surface area contributed by atoms with Crippen molar-refractivity contribution in [1.29, 1.82) is 0 Å². The molecule has 0 atom stereocenters. The van der Waals surface area contributed by atoms with Crippen LogP contribution >= 0.6 is 0 Å². The third kappa shape index (κ3) is 10.4. The summed E-state index contributed by atoms with van der Waals surface area (Å²) in [6, 6.07) is 66.7. The molecule has 0 spiro atoms. The minimum absolute atomic E-state index is 0.00753. The first-order chi connectivity index (χ1) is 51.7. The molecule has 0 saturated heterocycles. The molecule has 0 amide bonds. The van der Waals surface area contributed by atoms with Crippen LogP contribution in [0.1, 0.15) is 169 Å². The predicted octanol–water partition coefficient (Wildman–Crippen LogP) is 24.5. The topological polar surface area (TPSA) is 30.1 Å². The largest absolute Gasteiger partial charge is 0.356 e. The number of anilines is 5. The van der Waals surface area contributed by atoms with Crippen LogP contribution in [0.5, 0.6) is 0 Å². The third-order valence-electron chi connectivity index (χ3n) is 21.9. The van der Waals surface area contributed by atoms with Gasteiger partial charge in [0, 0.05) is 77.6 Å². The summed E-state index contributed by atoms with van der Waals surface area (Å²) in [5, 5.41) is 8.76. The lowest BCUT2D eigenvalue weighted by atomic mass is 9.33. The van der Waals surface area contributed by atoms with Crippen molar-refractivity contribution in [2.45, 2.75) is 157 Å². The molecular formula is C96H94BN5. The van der Waals surface area contributed by atoms with E-state index in [0.29, 0.717) is 11.4 Å². The number of hydrogen-bond donors (Lipinski definition) is 1. The molecule has 0 radical (unpaired) electrons. The van der Waals surface area contributed by atoms with Crippen LogP contribution in [-0.4, -0.2) is 20.4 Å². The first-order valence-electron chi connectivity index (χ1n) is 40.3. The standard InChI is InChI=1S/C96H94BN5/c1-91(2,3)59-39-45-85-73(50-59)74-51-60(92(4,5)6)40-46-86(74)99(85)64-41-43-77-79(54-64)98-80-55-66(101-83-37-27-22-32-70(83)71-33-23-28-38-84(71)101)57-88-89(80)97(77)78-44-42-65(100-81-35-25-20-30-68(81)69-31-21-26-36-82(69)100)56-87(78)102(88)90-72(58-47-61(93(7,8)9)49-62(48-58)94(10,11)12)52-63(95(13,14)15)53-75(90)67-29-19-24-34-76(67)96(16,17)18/h19-57,98H,1-18H3/i22D,23D,27D,28D,32D,33D,37D,38D. The number of nitrogens with zero attached hydrogens (tertiary/aromatic N) is 4. The van der Waals surface area contributed by atoms with E-state index in [4.69, 9.17) is 0 Å². The van der Waals surface area contributed by atoms with Gasteiger partial charge in [-0.2, -0.15) is 0 Å². The van der Waals surface area contributed by atoms with E-state index in [2.05, 4.69) is 326 Å². The van der Waals surface area contributed by atoms with Crippen molar-refractivity contribution in [2.24, 2.45) is 0 Å². The van der Waals surface area contributed by atoms with E-state index < -0.39 is 43.0 Å². The molecule has 1 N–H and O–H groups in total. The summed E-state index contributed by atoms with van der Waals surface area (Å²) in [7, 11) is 0. The van der Waals surface area contributed by atoms with Crippen molar-refractivity contribution in [1.82, 2.24) is 13.7 Å². The minimum atomic E-state index is -0.500. The van der Waals surface area contributed by atoms with E-state index >= 15 is 0 Å². The van der Waals surface area contributed by atoms with Gasteiger partial charge >= 0.3 is 0 Å². The number of para-hydroxylation sites is 4. The summed E-state index contributed by atoms with van der Waals surface area (Å²) in [4.78, 5) is 2.50. The molecule has 0 fully saturated rings. The maximum Gasteiger partial charge on any atom is 0.252 e. The van der Waals surface area contributed by atoms with Crippen LogP contribution in [0.4, 0.5) is 28.4 Å². The molecule has 6 heteroatoms. The number of hydrogen-bond acceptors (Lipinski definition) is 2. The Morgan fingerprint density at radius 2 is 0.765 bits per heavy atom. The molecule has 17 rings (SSSR count). The number of rotatable bonds is 6. The van der Waals surface area contributed by atoms with E-state index in [9.17, 15) is 11.0 Å². The van der Waals surface area contributed by atoms with Crippen molar-refractivity contribution < 1.29 is 11.0 Å². The van der Waals surface area contributed by atoms with Gasteiger partial charge < -0.3 is 23.9 Å². The Kier molecular flexibility index (Phi) is 12.5. The monoisotopic (exact) mass is 1340 g/mol. The molecule has 0 bridgehead atoms. The van der Waals surface area contributed by atoms with Gasteiger partial charge in [-0.05, 0) is 190 Å². The fourth-order valence-electron chi connectivity index (χ4n) is 16.4. The van der Waals surface area contributed by atoms with E-state index in [1.165, 1.54) is 33.0 Å². The summed E-state index contributed by atoms with van der Waals surface area (Å²) in [5.41, 5.74) is 23.7. The Morgan fingerprint density at radius 1 is 0.314 bits per heavy atom. The SMILES string of the molecule is [2H]c1c([2H])c([2H])c2c(c1[2H])c1c([2H])c([2H])c([2H])c([2H])c1n2-c1cc2c3c(c1)N(c1c(-c4cc(C(C)(C)C)cc(C(C)(C)C)c4)cc(C(C)(C)C)cc1-c1ccccc1C(C)(C)C)c1cc(-n4c5ccccc5c5ccccc54)ccc1B3c1ccc(-n3c4ccc(C(C)(C)C)cc4c4cc(C(C)(C)C)ccc43)cc1N2. The fraction of sp³-hybridized carbons (Fsp3) is 0.250. The molecule has 3 aromatic heterocycles. The predicted molar refractivity (Wildman–Crippen MR) is 442 cm³/mol. The van der Waals surface area contributed by atoms with Crippen LogP contribution in [-0.2, 0) is 32.5 Å². The van der Waals surface area contributed by atoms with Gasteiger partial charge in [0.2, 0.25) is 0 Å². The highest BCUT2D eigenvalue weighted by Crippen LogP contribution is 2.54. The van der Waals surface area contributed by atoms with Crippen LogP contribution in [0.25, 0.3) is 105 Å². The quantitative estimate of drug-likeness (QED) is 0.168. The number of fused-ring (bicyclic) bond motifs is 13. The summed E-state index contributed by atoms with van der Waals surface area (Å²) < 4.78 is 83.3. The average molecular weight is 1340 g/mol. The molecule has 15 aromatic rings. The van der Waals surface area contributed by atoms with Gasteiger partial charge in [0.15, 0.2) is 0 Å². The lowest BCUT2D eigenvalue weighted by Gasteiger charge is -2.43. The van der Waals surface area contributed by atoms with E-state index in [1.807, 2.05) is 6.07 Å². The normalized spacial score (nSPS) is 14.7. The van der Waals surface area contributed by atoms with Crippen LogP contribution in [0.3, 0.4) is 0 Å². The average Bonchev–Trinajstić information content (AvgIpc) is 1.22. The summed E-state index contributed by atoms with van der Waals surface area (Å²) in [6.07, 6.45) is 0. The highest BCUT2D eigenvalue weighted by atomic mass is 15.2. The van der Waals surface area contributed by atoms with Gasteiger partial charge in [0.25, 0.3) is 6.71 Å². The molecule has 2 aliphatic heterocycles. The lowest BCUT2D eigenvalue weighted by Crippen LogP contribution is -2.60. The second kappa shape index (κ2) is 22.6. The molecule has 506 valence electrons.